The summed E-state index contributed by atoms with van der Waals surface area (Å²) in [4.78, 5) is 18.8. The molecule has 0 aliphatic carbocycles. The van der Waals surface area contributed by atoms with Crippen LogP contribution in [0.5, 0.6) is 11.5 Å². The normalized spacial score (nSPS) is 16.4. The van der Waals surface area contributed by atoms with Crippen LogP contribution in [0.25, 0.3) is 11.3 Å². The molecule has 1 aromatic heterocycles. The fraction of sp³-hybridized carbons (Fsp3) is 0.333. The number of amides is 1. The lowest BCUT2D eigenvalue weighted by atomic mass is 10.1. The molecule has 1 N–H and O–H groups in total. The number of ether oxygens (including phenoxy) is 2. The monoisotopic (exact) mass is 501 g/mol. The number of aryl methyl sites for hydroxylation is 1. The molecule has 10 heteroatoms. The molecule has 1 fully saturated rings. The Hall–Kier alpha value is -2.95. The van der Waals surface area contributed by atoms with Gasteiger partial charge < -0.3 is 14.8 Å². The first-order chi connectivity index (χ1) is 16.3. The van der Waals surface area contributed by atoms with Crippen LogP contribution in [0.1, 0.15) is 24.6 Å². The number of carbonyl (C=O) groups is 1. The summed E-state index contributed by atoms with van der Waals surface area (Å²) in [6.07, 6.45) is 1.07. The highest BCUT2D eigenvalue weighted by Crippen LogP contribution is 2.33. The Morgan fingerprint density at radius 3 is 2.47 bits per heavy atom. The summed E-state index contributed by atoms with van der Waals surface area (Å²) in [6, 6.07) is 13.0. The molecule has 1 aliphatic heterocycles. The predicted molar refractivity (Wildman–Crippen MR) is 132 cm³/mol. The second-order valence-corrected chi connectivity index (χ2v) is 10.9. The molecule has 8 nitrogen and oxygen atoms in total. The maximum absolute atomic E-state index is 13.2. The zero-order valence-electron chi connectivity index (χ0n) is 19.3. The molecule has 2 heterocycles. The Balaban J connectivity index is 1.50. The largest absolute Gasteiger partial charge is 0.497 e. The van der Waals surface area contributed by atoms with Gasteiger partial charge in [0.25, 0.3) is 0 Å². The number of methoxy groups -OCH3 is 1. The lowest BCUT2D eigenvalue weighted by Crippen LogP contribution is -2.43. The second-order valence-electron chi connectivity index (χ2n) is 7.82. The van der Waals surface area contributed by atoms with Crippen LogP contribution >= 0.6 is 11.3 Å². The van der Waals surface area contributed by atoms with E-state index in [1.54, 1.807) is 12.1 Å². The summed E-state index contributed by atoms with van der Waals surface area (Å²) in [5.41, 5.74) is 1.69. The Kier molecular flexibility index (Phi) is 7.20. The molecular weight excluding hydrogens is 474 g/mol. The van der Waals surface area contributed by atoms with Gasteiger partial charge in [0, 0.05) is 17.0 Å². The third kappa shape index (κ3) is 4.94. The van der Waals surface area contributed by atoms with E-state index in [0.29, 0.717) is 36.9 Å². The SMILES string of the molecule is CCOc1ccc(-c2nc(NC(=O)C3CCCN3S(=O)(=O)c3ccc(OC)cc3)sc2C)cc1. The van der Waals surface area contributed by atoms with Crippen molar-refractivity contribution in [1.82, 2.24) is 9.29 Å². The van der Waals surface area contributed by atoms with E-state index in [0.717, 1.165) is 21.9 Å². The summed E-state index contributed by atoms with van der Waals surface area (Å²) in [6.45, 7) is 4.76. The number of aromatic nitrogens is 1. The van der Waals surface area contributed by atoms with Gasteiger partial charge >= 0.3 is 0 Å². The van der Waals surface area contributed by atoms with Gasteiger partial charge in [-0.2, -0.15) is 4.31 Å². The molecule has 0 bridgehead atoms. The Morgan fingerprint density at radius 2 is 1.82 bits per heavy atom. The summed E-state index contributed by atoms with van der Waals surface area (Å²) in [7, 11) is -2.30. The lowest BCUT2D eigenvalue weighted by Gasteiger charge is -2.23. The van der Waals surface area contributed by atoms with E-state index in [4.69, 9.17) is 9.47 Å². The molecule has 34 heavy (non-hydrogen) atoms. The number of carbonyl (C=O) groups excluding carboxylic acids is 1. The lowest BCUT2D eigenvalue weighted by molar-refractivity contribution is -0.119. The minimum absolute atomic E-state index is 0.135. The van der Waals surface area contributed by atoms with Crippen molar-refractivity contribution in [3.63, 3.8) is 0 Å². The quantitative estimate of drug-likeness (QED) is 0.494. The highest BCUT2D eigenvalue weighted by Gasteiger charge is 2.39. The van der Waals surface area contributed by atoms with Crippen molar-refractivity contribution in [3.05, 3.63) is 53.4 Å². The molecule has 1 amide bonds. The van der Waals surface area contributed by atoms with Gasteiger partial charge in [-0.1, -0.05) is 0 Å². The minimum Gasteiger partial charge on any atom is -0.497 e. The third-order valence-electron chi connectivity index (χ3n) is 5.64. The van der Waals surface area contributed by atoms with Crippen molar-refractivity contribution in [2.75, 3.05) is 25.6 Å². The maximum atomic E-state index is 13.2. The van der Waals surface area contributed by atoms with Gasteiger partial charge in [0.1, 0.15) is 17.5 Å². The van der Waals surface area contributed by atoms with E-state index in [9.17, 15) is 13.2 Å². The van der Waals surface area contributed by atoms with Crippen molar-refractivity contribution in [2.24, 2.45) is 0 Å². The molecule has 180 valence electrons. The molecule has 0 radical (unpaired) electrons. The van der Waals surface area contributed by atoms with E-state index >= 15 is 0 Å². The standard InChI is InChI=1S/C24H27N3O5S2/c1-4-32-19-9-7-17(8-10-19)22-16(2)33-24(25-22)26-23(28)21-6-5-15-27(21)34(29,30)20-13-11-18(31-3)12-14-20/h7-14,21H,4-6,15H2,1-3H3,(H,25,26,28). The average Bonchev–Trinajstić information content (AvgIpc) is 3.47. The van der Waals surface area contributed by atoms with E-state index < -0.39 is 16.1 Å². The highest BCUT2D eigenvalue weighted by atomic mass is 32.2. The first-order valence-electron chi connectivity index (χ1n) is 11.0. The number of anilines is 1. The zero-order valence-corrected chi connectivity index (χ0v) is 20.9. The number of thiazole rings is 1. The average molecular weight is 502 g/mol. The smallest absolute Gasteiger partial charge is 0.244 e. The van der Waals surface area contributed by atoms with E-state index in [-0.39, 0.29) is 10.8 Å². The number of nitrogens with zero attached hydrogens (tertiary/aromatic N) is 2. The predicted octanol–water partition coefficient (Wildman–Crippen LogP) is 4.32. The highest BCUT2D eigenvalue weighted by molar-refractivity contribution is 7.89. The van der Waals surface area contributed by atoms with Crippen molar-refractivity contribution in [2.45, 2.75) is 37.6 Å². The van der Waals surface area contributed by atoms with Crippen LogP contribution in [-0.4, -0.2) is 49.9 Å². The minimum atomic E-state index is -3.82. The second kappa shape index (κ2) is 10.1. The van der Waals surface area contributed by atoms with Crippen LogP contribution < -0.4 is 14.8 Å². The zero-order chi connectivity index (χ0) is 24.3. The van der Waals surface area contributed by atoms with Crippen molar-refractivity contribution < 1.29 is 22.7 Å². The van der Waals surface area contributed by atoms with Crippen LogP contribution in [0.15, 0.2) is 53.4 Å². The van der Waals surface area contributed by atoms with Crippen LogP contribution in [0, 0.1) is 6.92 Å². The molecule has 1 saturated heterocycles. The molecule has 0 spiro atoms. The van der Waals surface area contributed by atoms with Gasteiger partial charge in [0.15, 0.2) is 5.13 Å². The Morgan fingerprint density at radius 1 is 1.15 bits per heavy atom. The molecule has 1 aliphatic rings. The number of sulfonamides is 1. The maximum Gasteiger partial charge on any atom is 0.244 e. The van der Waals surface area contributed by atoms with Crippen LogP contribution in [-0.2, 0) is 14.8 Å². The number of nitrogens with one attached hydrogen (secondary N) is 1. The fourth-order valence-electron chi connectivity index (χ4n) is 3.96. The van der Waals surface area contributed by atoms with Gasteiger partial charge in [-0.25, -0.2) is 13.4 Å². The summed E-state index contributed by atoms with van der Waals surface area (Å²) in [5, 5.41) is 3.28. The summed E-state index contributed by atoms with van der Waals surface area (Å²) >= 11 is 1.36. The van der Waals surface area contributed by atoms with Gasteiger partial charge in [0.05, 0.1) is 24.3 Å². The first-order valence-corrected chi connectivity index (χ1v) is 13.3. The molecule has 0 saturated carbocycles. The molecule has 4 rings (SSSR count). The van der Waals surface area contributed by atoms with Gasteiger partial charge in [-0.05, 0) is 75.2 Å². The van der Waals surface area contributed by atoms with E-state index in [1.165, 1.54) is 34.9 Å². The van der Waals surface area contributed by atoms with Gasteiger partial charge in [-0.15, -0.1) is 11.3 Å². The third-order valence-corrected chi connectivity index (χ3v) is 8.45. The van der Waals surface area contributed by atoms with Crippen molar-refractivity contribution in [1.29, 1.82) is 0 Å². The molecule has 2 aromatic carbocycles. The molecule has 3 aromatic rings. The van der Waals surface area contributed by atoms with Crippen LogP contribution in [0.3, 0.4) is 0 Å². The number of hydrogen-bond donors (Lipinski definition) is 1. The van der Waals surface area contributed by atoms with E-state index in [1.807, 2.05) is 38.1 Å². The number of hydrogen-bond acceptors (Lipinski definition) is 7. The topological polar surface area (TPSA) is 97.8 Å². The van der Waals surface area contributed by atoms with Crippen molar-refractivity contribution >= 4 is 32.4 Å². The number of rotatable bonds is 8. The summed E-state index contributed by atoms with van der Waals surface area (Å²) in [5.74, 6) is 0.978. The Bertz CT molecular complexity index is 1250. The molecule has 1 unspecified atom stereocenters. The van der Waals surface area contributed by atoms with Gasteiger partial charge in [0.2, 0.25) is 15.9 Å². The summed E-state index contributed by atoms with van der Waals surface area (Å²) < 4.78 is 38.3. The van der Waals surface area contributed by atoms with Gasteiger partial charge in [-0.3, -0.25) is 4.79 Å². The molecule has 1 atom stereocenters. The van der Waals surface area contributed by atoms with E-state index in [2.05, 4.69) is 10.3 Å². The first kappa shape index (κ1) is 24.2. The molecular formula is C24H27N3O5S2. The van der Waals surface area contributed by atoms with Crippen molar-refractivity contribution in [3.8, 4) is 22.8 Å². The van der Waals surface area contributed by atoms with Crippen LogP contribution in [0.4, 0.5) is 5.13 Å². The van der Waals surface area contributed by atoms with Crippen LogP contribution in [0.2, 0.25) is 0 Å². The Labute approximate surface area is 203 Å². The number of benzene rings is 2. The fourth-order valence-corrected chi connectivity index (χ4v) is 6.45.